The number of rotatable bonds is 6. The van der Waals surface area contributed by atoms with Crippen molar-refractivity contribution in [3.63, 3.8) is 0 Å². The molecule has 4 aromatic rings. The Kier molecular flexibility index (Phi) is 6.49. The van der Waals surface area contributed by atoms with Crippen LogP contribution < -0.4 is 20.3 Å². The largest absolute Gasteiger partial charge is 0.493 e. The average Bonchev–Trinajstić information content (AvgIpc) is 3.17. The van der Waals surface area contributed by atoms with Crippen LogP contribution in [0.25, 0.3) is 16.7 Å². The van der Waals surface area contributed by atoms with Gasteiger partial charge in [-0.15, -0.1) is 0 Å². The molecule has 4 rings (SSSR count). The lowest BCUT2D eigenvalue weighted by Crippen LogP contribution is -2.41. The molecule has 0 unspecified atom stereocenters. The molecule has 0 atom stereocenters. The highest BCUT2D eigenvalue weighted by atomic mass is 16.5. The smallest absolute Gasteiger partial charge is 0.269 e. The Morgan fingerprint density at radius 1 is 0.882 bits per heavy atom. The highest BCUT2D eigenvalue weighted by Crippen LogP contribution is 2.29. The van der Waals surface area contributed by atoms with Gasteiger partial charge in [-0.05, 0) is 69.3 Å². The number of aryl methyl sites for hydroxylation is 1. The van der Waals surface area contributed by atoms with Gasteiger partial charge in [0.25, 0.3) is 11.8 Å². The topological polar surface area (TPSA) is 94.5 Å². The molecule has 0 aliphatic carbocycles. The Morgan fingerprint density at radius 3 is 2.18 bits per heavy atom. The van der Waals surface area contributed by atoms with E-state index in [1.165, 1.54) is 7.11 Å². The van der Waals surface area contributed by atoms with E-state index in [-0.39, 0.29) is 6.10 Å². The summed E-state index contributed by atoms with van der Waals surface area (Å²) in [7, 11) is 1.50. The van der Waals surface area contributed by atoms with Crippen molar-refractivity contribution in [2.24, 2.45) is 0 Å². The van der Waals surface area contributed by atoms with E-state index in [0.29, 0.717) is 28.1 Å². The van der Waals surface area contributed by atoms with Crippen molar-refractivity contribution in [2.45, 2.75) is 26.9 Å². The van der Waals surface area contributed by atoms with E-state index in [4.69, 9.17) is 9.47 Å². The highest BCUT2D eigenvalue weighted by molar-refractivity contribution is 6.01. The summed E-state index contributed by atoms with van der Waals surface area (Å²) in [5, 5.41) is 0. The fourth-order valence-corrected chi connectivity index (χ4v) is 3.66. The molecular weight excluding hydrogens is 432 g/mol. The van der Waals surface area contributed by atoms with Crippen molar-refractivity contribution in [3.8, 4) is 17.2 Å². The van der Waals surface area contributed by atoms with E-state index in [1.807, 2.05) is 61.7 Å². The molecule has 2 amide bonds. The normalized spacial score (nSPS) is 10.9. The number of hydrazine groups is 1. The van der Waals surface area contributed by atoms with Gasteiger partial charge >= 0.3 is 0 Å². The Hall–Kier alpha value is -4.33. The summed E-state index contributed by atoms with van der Waals surface area (Å²) >= 11 is 0. The summed E-state index contributed by atoms with van der Waals surface area (Å²) in [4.78, 5) is 29.8. The molecule has 0 bridgehead atoms. The first-order chi connectivity index (χ1) is 16.4. The number of carbonyl (C=O) groups excluding carboxylic acids is 2. The molecular formula is C26H26N4O4. The van der Waals surface area contributed by atoms with E-state index in [0.717, 1.165) is 17.0 Å². The van der Waals surface area contributed by atoms with Crippen molar-refractivity contribution >= 4 is 22.8 Å². The Balaban J connectivity index is 1.48. The zero-order valence-electron chi connectivity index (χ0n) is 19.5. The number of amides is 2. The van der Waals surface area contributed by atoms with Crippen LogP contribution in [0.1, 0.15) is 40.4 Å². The van der Waals surface area contributed by atoms with Crippen LogP contribution in [0.5, 0.6) is 11.5 Å². The molecule has 0 spiro atoms. The van der Waals surface area contributed by atoms with Crippen LogP contribution in [0.3, 0.4) is 0 Å². The quantitative estimate of drug-likeness (QED) is 0.422. The minimum Gasteiger partial charge on any atom is -0.493 e. The second-order valence-electron chi connectivity index (χ2n) is 7.97. The van der Waals surface area contributed by atoms with Crippen LogP contribution in [-0.2, 0) is 0 Å². The monoisotopic (exact) mass is 458 g/mol. The van der Waals surface area contributed by atoms with Crippen LogP contribution in [0.15, 0.2) is 66.7 Å². The van der Waals surface area contributed by atoms with Gasteiger partial charge in [-0.3, -0.25) is 25.0 Å². The molecule has 0 aliphatic heterocycles. The van der Waals surface area contributed by atoms with E-state index in [1.54, 1.807) is 30.3 Å². The number of para-hydroxylation sites is 1. The van der Waals surface area contributed by atoms with Gasteiger partial charge in [0, 0.05) is 16.8 Å². The molecule has 174 valence electrons. The summed E-state index contributed by atoms with van der Waals surface area (Å²) < 4.78 is 13.0. The van der Waals surface area contributed by atoms with Gasteiger partial charge in [0.2, 0.25) is 0 Å². The van der Waals surface area contributed by atoms with Gasteiger partial charge in [0.1, 0.15) is 5.82 Å². The summed E-state index contributed by atoms with van der Waals surface area (Å²) in [5.41, 5.74) is 8.16. The first-order valence-corrected chi connectivity index (χ1v) is 10.9. The minimum absolute atomic E-state index is 0.0342. The predicted octanol–water partition coefficient (Wildman–Crippen LogP) is 4.20. The second kappa shape index (κ2) is 9.66. The molecule has 0 saturated heterocycles. The van der Waals surface area contributed by atoms with E-state index < -0.39 is 11.8 Å². The van der Waals surface area contributed by atoms with Crippen LogP contribution in [0, 0.1) is 6.92 Å². The molecule has 0 fully saturated rings. The Labute approximate surface area is 197 Å². The summed E-state index contributed by atoms with van der Waals surface area (Å²) in [6.07, 6.45) is -0.0342. The number of hydrogen-bond acceptors (Lipinski definition) is 5. The number of carbonyl (C=O) groups is 2. The van der Waals surface area contributed by atoms with Crippen molar-refractivity contribution in [1.29, 1.82) is 0 Å². The summed E-state index contributed by atoms with van der Waals surface area (Å²) in [5.74, 6) is 0.854. The number of benzene rings is 3. The third kappa shape index (κ3) is 4.71. The molecule has 1 aromatic heterocycles. The van der Waals surface area contributed by atoms with Gasteiger partial charge in [0.05, 0.1) is 24.2 Å². The number of methoxy groups -OCH3 is 1. The van der Waals surface area contributed by atoms with Crippen molar-refractivity contribution in [2.75, 3.05) is 7.11 Å². The summed E-state index contributed by atoms with van der Waals surface area (Å²) in [6, 6.07) is 20.0. The van der Waals surface area contributed by atoms with E-state index >= 15 is 0 Å². The van der Waals surface area contributed by atoms with Gasteiger partial charge < -0.3 is 9.47 Å². The maximum atomic E-state index is 12.7. The third-order valence-corrected chi connectivity index (χ3v) is 5.18. The first kappa shape index (κ1) is 22.8. The summed E-state index contributed by atoms with van der Waals surface area (Å²) in [6.45, 7) is 5.72. The molecule has 8 heteroatoms. The number of fused-ring (bicyclic) bond motifs is 1. The van der Waals surface area contributed by atoms with Gasteiger partial charge in [-0.25, -0.2) is 4.98 Å². The fourth-order valence-electron chi connectivity index (χ4n) is 3.66. The number of imidazole rings is 1. The van der Waals surface area contributed by atoms with Gasteiger partial charge in [-0.1, -0.05) is 18.2 Å². The van der Waals surface area contributed by atoms with Crippen LogP contribution >= 0.6 is 0 Å². The Bertz CT molecular complexity index is 1350. The molecule has 2 N–H and O–H groups in total. The number of nitrogens with zero attached hydrogens (tertiary/aromatic N) is 2. The van der Waals surface area contributed by atoms with E-state index in [9.17, 15) is 9.59 Å². The molecule has 0 aliphatic rings. The lowest BCUT2D eigenvalue weighted by Gasteiger charge is -2.14. The van der Waals surface area contributed by atoms with Crippen molar-refractivity contribution < 1.29 is 19.1 Å². The molecule has 1 heterocycles. The van der Waals surface area contributed by atoms with Crippen LogP contribution in [0.2, 0.25) is 0 Å². The molecule has 34 heavy (non-hydrogen) atoms. The van der Waals surface area contributed by atoms with Gasteiger partial charge in [0.15, 0.2) is 11.5 Å². The van der Waals surface area contributed by atoms with Crippen LogP contribution in [-0.4, -0.2) is 34.6 Å². The number of hydrogen-bond donors (Lipinski definition) is 2. The zero-order valence-corrected chi connectivity index (χ0v) is 19.5. The predicted molar refractivity (Wildman–Crippen MR) is 129 cm³/mol. The van der Waals surface area contributed by atoms with Crippen molar-refractivity contribution in [3.05, 3.63) is 83.7 Å². The van der Waals surface area contributed by atoms with Gasteiger partial charge in [-0.2, -0.15) is 0 Å². The maximum absolute atomic E-state index is 12.7. The fraction of sp³-hybridized carbons (Fsp3) is 0.192. The zero-order chi connectivity index (χ0) is 24.2. The Morgan fingerprint density at radius 2 is 1.53 bits per heavy atom. The maximum Gasteiger partial charge on any atom is 0.269 e. The average molecular weight is 459 g/mol. The number of ether oxygens (including phenoxy) is 2. The van der Waals surface area contributed by atoms with Crippen LogP contribution in [0.4, 0.5) is 0 Å². The lowest BCUT2D eigenvalue weighted by atomic mass is 10.2. The first-order valence-electron chi connectivity index (χ1n) is 10.9. The standard InChI is InChI=1S/C26H26N4O4/c1-16(2)34-23-13-11-19(15-24(23)33-4)26(32)29-28-25(31)18-10-12-22-21(14-18)27-17(3)30(22)20-8-6-5-7-9-20/h5-16H,1-4H3,(H,28,31)(H,29,32). The number of nitrogens with one attached hydrogen (secondary N) is 2. The second-order valence-corrected chi connectivity index (χ2v) is 7.97. The molecule has 0 saturated carbocycles. The number of aromatic nitrogens is 2. The molecule has 3 aromatic carbocycles. The molecule has 0 radical (unpaired) electrons. The molecule has 8 nitrogen and oxygen atoms in total. The third-order valence-electron chi connectivity index (χ3n) is 5.18. The SMILES string of the molecule is COc1cc(C(=O)NNC(=O)c2ccc3c(c2)nc(C)n3-c2ccccc2)ccc1OC(C)C. The minimum atomic E-state index is -0.479. The highest BCUT2D eigenvalue weighted by Gasteiger charge is 2.15. The van der Waals surface area contributed by atoms with Crippen molar-refractivity contribution in [1.82, 2.24) is 20.4 Å². The lowest BCUT2D eigenvalue weighted by molar-refractivity contribution is 0.0846. The van der Waals surface area contributed by atoms with E-state index in [2.05, 4.69) is 15.8 Å².